The van der Waals surface area contributed by atoms with Crippen LogP contribution in [0.2, 0.25) is 0 Å². The SMILES string of the molecule is CCCNC(=O)N1CCC2(CCC(=O)N(Cc3cccnc3)C2)CC1. The number of rotatable bonds is 4. The number of hydrogen-bond donors (Lipinski definition) is 1. The standard InChI is InChI=1S/C19H28N4O2/c1-2-9-21-18(25)22-11-7-19(8-12-22)6-5-17(24)23(15-19)14-16-4-3-10-20-13-16/h3-4,10,13H,2,5-9,11-12,14-15H2,1H3,(H,21,25). The van der Waals surface area contributed by atoms with E-state index >= 15 is 0 Å². The molecule has 1 aromatic heterocycles. The fraction of sp³-hybridized carbons (Fsp3) is 0.632. The van der Waals surface area contributed by atoms with Gasteiger partial charge in [-0.1, -0.05) is 13.0 Å². The maximum atomic E-state index is 12.3. The fourth-order valence-corrected chi connectivity index (χ4v) is 3.89. The first kappa shape index (κ1) is 17.7. The van der Waals surface area contributed by atoms with Gasteiger partial charge in [0.15, 0.2) is 0 Å². The summed E-state index contributed by atoms with van der Waals surface area (Å²) in [7, 11) is 0. The molecule has 2 aliphatic rings. The molecule has 1 aromatic rings. The average molecular weight is 344 g/mol. The predicted octanol–water partition coefficient (Wildman–Crippen LogP) is 2.41. The van der Waals surface area contributed by atoms with Crippen molar-refractivity contribution in [3.8, 4) is 0 Å². The van der Waals surface area contributed by atoms with Gasteiger partial charge in [0.05, 0.1) is 0 Å². The summed E-state index contributed by atoms with van der Waals surface area (Å²) < 4.78 is 0. The monoisotopic (exact) mass is 344 g/mol. The first-order valence-electron chi connectivity index (χ1n) is 9.31. The number of carbonyl (C=O) groups excluding carboxylic acids is 2. The number of hydrogen-bond acceptors (Lipinski definition) is 3. The molecule has 2 fully saturated rings. The fourth-order valence-electron chi connectivity index (χ4n) is 3.89. The first-order valence-corrected chi connectivity index (χ1v) is 9.31. The minimum atomic E-state index is 0.0517. The second-order valence-corrected chi connectivity index (χ2v) is 7.33. The maximum Gasteiger partial charge on any atom is 0.317 e. The summed E-state index contributed by atoms with van der Waals surface area (Å²) in [4.78, 5) is 32.5. The highest BCUT2D eigenvalue weighted by atomic mass is 16.2. The number of likely N-dealkylation sites (tertiary alicyclic amines) is 2. The number of nitrogens with one attached hydrogen (secondary N) is 1. The Bertz CT molecular complexity index is 597. The Balaban J connectivity index is 1.58. The molecule has 0 unspecified atom stereocenters. The number of carbonyl (C=O) groups is 2. The van der Waals surface area contributed by atoms with E-state index in [-0.39, 0.29) is 17.4 Å². The highest BCUT2D eigenvalue weighted by molar-refractivity contribution is 5.77. The number of urea groups is 1. The third-order valence-corrected chi connectivity index (χ3v) is 5.48. The second kappa shape index (κ2) is 7.85. The lowest BCUT2D eigenvalue weighted by Crippen LogP contribution is -2.53. The van der Waals surface area contributed by atoms with Crippen molar-refractivity contribution in [3.05, 3.63) is 30.1 Å². The Morgan fingerprint density at radius 2 is 2.12 bits per heavy atom. The third kappa shape index (κ3) is 4.30. The molecule has 3 heterocycles. The van der Waals surface area contributed by atoms with E-state index in [4.69, 9.17) is 0 Å². The highest BCUT2D eigenvalue weighted by Gasteiger charge is 2.41. The number of piperidine rings is 2. The number of amides is 3. The summed E-state index contributed by atoms with van der Waals surface area (Å²) in [5, 5.41) is 2.96. The molecule has 0 bridgehead atoms. The van der Waals surface area contributed by atoms with Crippen LogP contribution in [0.25, 0.3) is 0 Å². The molecule has 3 amide bonds. The van der Waals surface area contributed by atoms with Crippen LogP contribution < -0.4 is 5.32 Å². The average Bonchev–Trinajstić information content (AvgIpc) is 2.64. The van der Waals surface area contributed by atoms with E-state index in [1.807, 2.05) is 28.1 Å². The van der Waals surface area contributed by atoms with E-state index in [2.05, 4.69) is 17.2 Å². The Morgan fingerprint density at radius 1 is 1.32 bits per heavy atom. The summed E-state index contributed by atoms with van der Waals surface area (Å²) in [6, 6.07) is 3.98. The van der Waals surface area contributed by atoms with Gasteiger partial charge in [-0.3, -0.25) is 9.78 Å². The van der Waals surface area contributed by atoms with E-state index in [0.29, 0.717) is 13.0 Å². The smallest absolute Gasteiger partial charge is 0.317 e. The summed E-state index contributed by atoms with van der Waals surface area (Å²) in [5.74, 6) is 0.234. The predicted molar refractivity (Wildman–Crippen MR) is 95.8 cm³/mol. The normalized spacial score (nSPS) is 20.0. The Hall–Kier alpha value is -2.11. The lowest BCUT2D eigenvalue weighted by Gasteiger charge is -2.47. The van der Waals surface area contributed by atoms with Gasteiger partial charge in [-0.15, -0.1) is 0 Å². The van der Waals surface area contributed by atoms with Crippen LogP contribution in [-0.4, -0.2) is 52.9 Å². The van der Waals surface area contributed by atoms with Crippen molar-refractivity contribution >= 4 is 11.9 Å². The lowest BCUT2D eigenvalue weighted by atomic mass is 9.72. The molecule has 0 saturated carbocycles. The van der Waals surface area contributed by atoms with Gasteiger partial charge >= 0.3 is 6.03 Å². The number of aromatic nitrogens is 1. The van der Waals surface area contributed by atoms with E-state index in [1.165, 1.54) is 0 Å². The number of nitrogens with zero attached hydrogens (tertiary/aromatic N) is 3. The molecule has 2 saturated heterocycles. The Labute approximate surface area is 149 Å². The zero-order valence-electron chi connectivity index (χ0n) is 15.0. The molecule has 25 heavy (non-hydrogen) atoms. The summed E-state index contributed by atoms with van der Waals surface area (Å²) in [6.07, 6.45) is 8.04. The van der Waals surface area contributed by atoms with Gasteiger partial charge in [-0.05, 0) is 42.7 Å². The maximum absolute atomic E-state index is 12.3. The van der Waals surface area contributed by atoms with Gasteiger partial charge in [0.2, 0.25) is 5.91 Å². The molecule has 136 valence electrons. The van der Waals surface area contributed by atoms with Gasteiger partial charge in [0, 0.05) is 51.5 Å². The van der Waals surface area contributed by atoms with Crippen LogP contribution in [0.1, 0.15) is 44.6 Å². The summed E-state index contributed by atoms with van der Waals surface area (Å²) in [5.41, 5.74) is 1.24. The first-order chi connectivity index (χ1) is 12.1. The molecule has 0 atom stereocenters. The molecule has 2 aliphatic heterocycles. The highest BCUT2D eigenvalue weighted by Crippen LogP contribution is 2.40. The molecule has 0 radical (unpaired) electrons. The molecular weight excluding hydrogens is 316 g/mol. The van der Waals surface area contributed by atoms with E-state index < -0.39 is 0 Å². The van der Waals surface area contributed by atoms with Crippen LogP contribution >= 0.6 is 0 Å². The van der Waals surface area contributed by atoms with Crippen LogP contribution in [0.3, 0.4) is 0 Å². The molecular formula is C19H28N4O2. The zero-order valence-corrected chi connectivity index (χ0v) is 15.0. The molecule has 0 aromatic carbocycles. The minimum absolute atomic E-state index is 0.0517. The molecule has 1 spiro atoms. The van der Waals surface area contributed by atoms with Gasteiger partial charge in [-0.25, -0.2) is 4.79 Å². The van der Waals surface area contributed by atoms with Crippen molar-refractivity contribution in [3.63, 3.8) is 0 Å². The van der Waals surface area contributed by atoms with Crippen molar-refractivity contribution < 1.29 is 9.59 Å². The van der Waals surface area contributed by atoms with Gasteiger partial charge in [0.1, 0.15) is 0 Å². The zero-order chi connectivity index (χ0) is 17.7. The van der Waals surface area contributed by atoms with Gasteiger partial charge < -0.3 is 15.1 Å². The van der Waals surface area contributed by atoms with Crippen molar-refractivity contribution in [1.29, 1.82) is 0 Å². The molecule has 3 rings (SSSR count). The van der Waals surface area contributed by atoms with Crippen LogP contribution in [0.5, 0.6) is 0 Å². The van der Waals surface area contributed by atoms with Crippen molar-refractivity contribution in [2.24, 2.45) is 5.41 Å². The Morgan fingerprint density at radius 3 is 2.80 bits per heavy atom. The second-order valence-electron chi connectivity index (χ2n) is 7.33. The van der Waals surface area contributed by atoms with Crippen molar-refractivity contribution in [2.45, 2.75) is 45.6 Å². The van der Waals surface area contributed by atoms with Crippen LogP contribution in [0, 0.1) is 5.41 Å². The molecule has 6 nitrogen and oxygen atoms in total. The number of pyridine rings is 1. The van der Waals surface area contributed by atoms with Crippen LogP contribution in [0.4, 0.5) is 4.79 Å². The van der Waals surface area contributed by atoms with Gasteiger partial charge in [0.25, 0.3) is 0 Å². The third-order valence-electron chi connectivity index (χ3n) is 5.48. The summed E-state index contributed by atoms with van der Waals surface area (Å²) in [6.45, 7) is 5.78. The van der Waals surface area contributed by atoms with E-state index in [9.17, 15) is 9.59 Å². The van der Waals surface area contributed by atoms with Crippen LogP contribution in [-0.2, 0) is 11.3 Å². The van der Waals surface area contributed by atoms with Gasteiger partial charge in [-0.2, -0.15) is 0 Å². The van der Waals surface area contributed by atoms with E-state index in [1.54, 1.807) is 6.20 Å². The minimum Gasteiger partial charge on any atom is -0.338 e. The molecule has 1 N–H and O–H groups in total. The summed E-state index contributed by atoms with van der Waals surface area (Å²) >= 11 is 0. The quantitative estimate of drug-likeness (QED) is 0.912. The lowest BCUT2D eigenvalue weighted by molar-refractivity contribution is -0.139. The molecule has 0 aliphatic carbocycles. The topological polar surface area (TPSA) is 65.5 Å². The van der Waals surface area contributed by atoms with E-state index in [0.717, 1.165) is 57.4 Å². The largest absolute Gasteiger partial charge is 0.338 e. The van der Waals surface area contributed by atoms with Crippen molar-refractivity contribution in [1.82, 2.24) is 20.1 Å². The van der Waals surface area contributed by atoms with Crippen molar-refractivity contribution in [2.75, 3.05) is 26.2 Å². The Kier molecular flexibility index (Phi) is 5.56. The molecule has 6 heteroatoms. The van der Waals surface area contributed by atoms with Crippen LogP contribution in [0.15, 0.2) is 24.5 Å².